The minimum Gasteiger partial charge on any atom is -0.491 e. The van der Waals surface area contributed by atoms with Crippen molar-refractivity contribution in [1.29, 1.82) is 0 Å². The Morgan fingerprint density at radius 2 is 1.83 bits per heavy atom. The summed E-state index contributed by atoms with van der Waals surface area (Å²) in [7, 11) is -3.78. The summed E-state index contributed by atoms with van der Waals surface area (Å²) in [6.45, 7) is 5.80. The lowest BCUT2D eigenvalue weighted by Crippen LogP contribution is -2.48. The Kier molecular flexibility index (Phi) is 8.23. The van der Waals surface area contributed by atoms with Gasteiger partial charge in [0.05, 0.1) is 18.0 Å². The maximum atomic E-state index is 13.6. The van der Waals surface area contributed by atoms with Crippen molar-refractivity contribution in [2.45, 2.75) is 45.8 Å². The first kappa shape index (κ1) is 23.7. The molecule has 0 radical (unpaired) electrons. The summed E-state index contributed by atoms with van der Waals surface area (Å²) in [4.78, 5) is 12.5. The zero-order valence-electron chi connectivity index (χ0n) is 17.8. The van der Waals surface area contributed by atoms with E-state index in [0.29, 0.717) is 13.0 Å². The van der Waals surface area contributed by atoms with Crippen molar-refractivity contribution in [3.8, 4) is 5.75 Å². The minimum absolute atomic E-state index is 0.0944. The predicted octanol–water partition coefficient (Wildman–Crippen LogP) is 3.52. The molecule has 0 heterocycles. The van der Waals surface area contributed by atoms with E-state index in [1.165, 1.54) is 25.1 Å². The molecule has 0 saturated heterocycles. The number of carbonyl (C=O) groups is 1. The zero-order chi connectivity index (χ0) is 22.3. The molecule has 0 bridgehead atoms. The molecule has 2 rings (SSSR count). The van der Waals surface area contributed by atoms with Crippen LogP contribution in [0.15, 0.2) is 48.5 Å². The monoisotopic (exact) mass is 436 g/mol. The van der Waals surface area contributed by atoms with Crippen LogP contribution in [0.25, 0.3) is 0 Å². The van der Waals surface area contributed by atoms with E-state index in [-0.39, 0.29) is 11.8 Å². The molecule has 2 aromatic carbocycles. The number of rotatable bonds is 10. The number of benzene rings is 2. The standard InChI is InChI=1S/C22H29FN2O4S/c1-16(2)29-21-12-5-8-18(14-21)9-7-13-24-22(26)17(3)25(30(4,27)28)20-11-6-10-19(23)15-20/h5-6,8,10-12,14-17H,7,9,13H2,1-4H3,(H,24,26)/t17-/m1/s1. The second-order valence-electron chi connectivity index (χ2n) is 7.42. The van der Waals surface area contributed by atoms with Crippen LogP contribution in [0.1, 0.15) is 32.8 Å². The number of nitrogens with one attached hydrogen (secondary N) is 1. The van der Waals surface area contributed by atoms with Crippen molar-refractivity contribution in [2.24, 2.45) is 0 Å². The number of nitrogens with zero attached hydrogens (tertiary/aromatic N) is 1. The topological polar surface area (TPSA) is 75.7 Å². The molecular formula is C22H29FN2O4S. The van der Waals surface area contributed by atoms with Crippen LogP contribution in [0.5, 0.6) is 5.75 Å². The summed E-state index contributed by atoms with van der Waals surface area (Å²) in [5.74, 6) is -0.210. The molecule has 0 unspecified atom stereocenters. The van der Waals surface area contributed by atoms with Gasteiger partial charge in [0, 0.05) is 6.54 Å². The number of anilines is 1. The van der Waals surface area contributed by atoms with Crippen LogP contribution in [0.2, 0.25) is 0 Å². The highest BCUT2D eigenvalue weighted by atomic mass is 32.2. The van der Waals surface area contributed by atoms with Gasteiger partial charge in [-0.3, -0.25) is 9.10 Å². The fourth-order valence-electron chi connectivity index (χ4n) is 3.12. The van der Waals surface area contributed by atoms with Gasteiger partial charge in [-0.1, -0.05) is 18.2 Å². The van der Waals surface area contributed by atoms with E-state index in [1.54, 1.807) is 0 Å². The number of carbonyl (C=O) groups excluding carboxylic acids is 1. The number of sulfonamides is 1. The first-order valence-corrected chi connectivity index (χ1v) is 11.7. The zero-order valence-corrected chi connectivity index (χ0v) is 18.6. The minimum atomic E-state index is -3.78. The van der Waals surface area contributed by atoms with Gasteiger partial charge in [0.1, 0.15) is 17.6 Å². The third-order valence-electron chi connectivity index (χ3n) is 4.36. The highest BCUT2D eigenvalue weighted by Crippen LogP contribution is 2.21. The molecular weight excluding hydrogens is 407 g/mol. The van der Waals surface area contributed by atoms with Gasteiger partial charge in [0.25, 0.3) is 0 Å². The normalized spacial score (nSPS) is 12.5. The van der Waals surface area contributed by atoms with E-state index in [0.717, 1.165) is 34.4 Å². The Labute approximate surface area is 178 Å². The Morgan fingerprint density at radius 1 is 1.13 bits per heavy atom. The summed E-state index contributed by atoms with van der Waals surface area (Å²) < 4.78 is 44.6. The van der Waals surface area contributed by atoms with E-state index < -0.39 is 27.8 Å². The molecule has 1 amide bonds. The van der Waals surface area contributed by atoms with Crippen LogP contribution in [0.3, 0.4) is 0 Å². The number of aryl methyl sites for hydroxylation is 1. The number of ether oxygens (including phenoxy) is 1. The van der Waals surface area contributed by atoms with Crippen LogP contribution in [0, 0.1) is 5.82 Å². The molecule has 0 saturated carbocycles. The van der Waals surface area contributed by atoms with Gasteiger partial charge in [-0.2, -0.15) is 0 Å². The molecule has 1 atom stereocenters. The van der Waals surface area contributed by atoms with Crippen molar-refractivity contribution in [1.82, 2.24) is 5.32 Å². The number of hydrogen-bond acceptors (Lipinski definition) is 4. The lowest BCUT2D eigenvalue weighted by Gasteiger charge is -2.28. The molecule has 2 aromatic rings. The molecule has 0 spiro atoms. The summed E-state index contributed by atoms with van der Waals surface area (Å²) in [6.07, 6.45) is 2.51. The molecule has 0 aliphatic carbocycles. The van der Waals surface area contributed by atoms with Crippen molar-refractivity contribution in [2.75, 3.05) is 17.1 Å². The molecule has 0 fully saturated rings. The highest BCUT2D eigenvalue weighted by molar-refractivity contribution is 7.92. The first-order valence-electron chi connectivity index (χ1n) is 9.86. The summed E-state index contributed by atoms with van der Waals surface area (Å²) in [5, 5.41) is 2.77. The SMILES string of the molecule is CC(C)Oc1cccc(CCCNC(=O)[C@@H](C)N(c2cccc(F)c2)S(C)(=O)=O)c1. The van der Waals surface area contributed by atoms with Gasteiger partial charge in [0.15, 0.2) is 0 Å². The van der Waals surface area contributed by atoms with Crippen molar-refractivity contribution >= 4 is 21.6 Å². The Hall–Kier alpha value is -2.61. The third-order valence-corrected chi connectivity index (χ3v) is 5.60. The fourth-order valence-corrected chi connectivity index (χ4v) is 4.29. The van der Waals surface area contributed by atoms with Gasteiger partial charge >= 0.3 is 0 Å². The Bertz CT molecular complexity index is 963. The Balaban J connectivity index is 1.95. The van der Waals surface area contributed by atoms with E-state index in [1.807, 2.05) is 38.1 Å². The summed E-state index contributed by atoms with van der Waals surface area (Å²) in [5.41, 5.74) is 1.20. The summed E-state index contributed by atoms with van der Waals surface area (Å²) >= 11 is 0. The maximum absolute atomic E-state index is 13.6. The average molecular weight is 437 g/mol. The largest absolute Gasteiger partial charge is 0.491 e. The second-order valence-corrected chi connectivity index (χ2v) is 9.28. The van der Waals surface area contributed by atoms with Crippen molar-refractivity contribution < 1.29 is 22.3 Å². The van der Waals surface area contributed by atoms with Crippen molar-refractivity contribution in [3.63, 3.8) is 0 Å². The fraction of sp³-hybridized carbons (Fsp3) is 0.409. The molecule has 0 aromatic heterocycles. The molecule has 6 nitrogen and oxygen atoms in total. The predicted molar refractivity (Wildman–Crippen MR) is 117 cm³/mol. The first-order chi connectivity index (χ1) is 14.1. The number of halogens is 1. The van der Waals surface area contributed by atoms with E-state index >= 15 is 0 Å². The second kappa shape index (κ2) is 10.4. The van der Waals surface area contributed by atoms with Crippen LogP contribution >= 0.6 is 0 Å². The quantitative estimate of drug-likeness (QED) is 0.578. The van der Waals surface area contributed by atoms with Crippen LogP contribution in [0.4, 0.5) is 10.1 Å². The maximum Gasteiger partial charge on any atom is 0.243 e. The Morgan fingerprint density at radius 3 is 2.47 bits per heavy atom. The van der Waals surface area contributed by atoms with Gasteiger partial charge in [-0.15, -0.1) is 0 Å². The van der Waals surface area contributed by atoms with Gasteiger partial charge in [0.2, 0.25) is 15.9 Å². The molecule has 0 aliphatic heterocycles. The third kappa shape index (κ3) is 7.02. The van der Waals surface area contributed by atoms with Crippen LogP contribution in [-0.2, 0) is 21.2 Å². The van der Waals surface area contributed by atoms with E-state index in [2.05, 4.69) is 5.32 Å². The van der Waals surface area contributed by atoms with Gasteiger partial charge < -0.3 is 10.1 Å². The van der Waals surface area contributed by atoms with Crippen molar-refractivity contribution in [3.05, 3.63) is 59.9 Å². The van der Waals surface area contributed by atoms with Gasteiger partial charge in [-0.25, -0.2) is 12.8 Å². The molecule has 0 aliphatic rings. The van der Waals surface area contributed by atoms with Crippen LogP contribution in [-0.4, -0.2) is 39.3 Å². The summed E-state index contributed by atoms with van der Waals surface area (Å²) in [6, 6.07) is 12.0. The van der Waals surface area contributed by atoms with E-state index in [4.69, 9.17) is 4.74 Å². The molecule has 30 heavy (non-hydrogen) atoms. The molecule has 1 N–H and O–H groups in total. The van der Waals surface area contributed by atoms with Gasteiger partial charge in [-0.05, 0) is 69.5 Å². The number of hydrogen-bond donors (Lipinski definition) is 1. The number of amides is 1. The van der Waals surface area contributed by atoms with Crippen LogP contribution < -0.4 is 14.4 Å². The highest BCUT2D eigenvalue weighted by Gasteiger charge is 2.29. The lowest BCUT2D eigenvalue weighted by atomic mass is 10.1. The van der Waals surface area contributed by atoms with E-state index in [9.17, 15) is 17.6 Å². The smallest absolute Gasteiger partial charge is 0.243 e. The average Bonchev–Trinajstić information content (AvgIpc) is 2.64. The molecule has 164 valence electrons. The lowest BCUT2D eigenvalue weighted by molar-refractivity contribution is -0.121. The molecule has 8 heteroatoms.